The van der Waals surface area contributed by atoms with Crippen LogP contribution in [0.4, 0.5) is 0 Å². The Morgan fingerprint density at radius 3 is 2.54 bits per heavy atom. The van der Waals surface area contributed by atoms with Crippen molar-refractivity contribution in [2.75, 3.05) is 27.9 Å². The van der Waals surface area contributed by atoms with Crippen molar-refractivity contribution in [3.8, 4) is 23.0 Å². The van der Waals surface area contributed by atoms with Gasteiger partial charge in [0, 0.05) is 15.6 Å². The minimum Gasteiger partial charge on any atom is -0.504 e. The van der Waals surface area contributed by atoms with Crippen LogP contribution in [0.2, 0.25) is 0 Å². The van der Waals surface area contributed by atoms with Gasteiger partial charge >= 0.3 is 5.97 Å². The van der Waals surface area contributed by atoms with Crippen molar-refractivity contribution in [3.63, 3.8) is 0 Å². The zero-order valence-corrected chi connectivity index (χ0v) is 23.2. The van der Waals surface area contributed by atoms with E-state index in [1.165, 1.54) is 25.9 Å². The maximum absolute atomic E-state index is 13.8. The molecule has 0 fully saturated rings. The number of ether oxygens (including phenoxy) is 4. The highest BCUT2D eigenvalue weighted by Gasteiger charge is 2.35. The molecule has 2 aromatic carbocycles. The van der Waals surface area contributed by atoms with Crippen molar-refractivity contribution in [2.24, 2.45) is 4.99 Å². The number of hydrogen-bond acceptors (Lipinski definition) is 9. The lowest BCUT2D eigenvalue weighted by molar-refractivity contribution is -0.139. The molecule has 1 N–H and O–H groups in total. The molecule has 1 aromatic heterocycles. The second-order valence-electron chi connectivity index (χ2n) is 7.96. The Balaban J connectivity index is 2.03. The summed E-state index contributed by atoms with van der Waals surface area (Å²) in [6.07, 6.45) is 1.57. The third kappa shape index (κ3) is 4.88. The number of hydrogen-bond donors (Lipinski definition) is 1. The van der Waals surface area contributed by atoms with Gasteiger partial charge in [-0.05, 0) is 50.3 Å². The summed E-state index contributed by atoms with van der Waals surface area (Å²) in [5, 5.41) is 10.6. The van der Waals surface area contributed by atoms with E-state index in [0.29, 0.717) is 42.1 Å². The Morgan fingerprint density at radius 1 is 1.16 bits per heavy atom. The van der Waals surface area contributed by atoms with Crippen LogP contribution in [0.1, 0.15) is 31.0 Å². The van der Waals surface area contributed by atoms with Crippen LogP contribution >= 0.6 is 27.3 Å². The molecule has 9 nitrogen and oxygen atoms in total. The van der Waals surface area contributed by atoms with Crippen molar-refractivity contribution < 1.29 is 28.8 Å². The van der Waals surface area contributed by atoms with Gasteiger partial charge in [-0.1, -0.05) is 27.3 Å². The lowest BCUT2D eigenvalue weighted by Gasteiger charge is -2.26. The first-order valence-electron chi connectivity index (χ1n) is 11.2. The first-order chi connectivity index (χ1) is 17.7. The topological polar surface area (TPSA) is 109 Å². The SMILES string of the molecule is CCOC(=O)C1=C(C)N=c2s/c(=C/c3cc(Br)cc(OC)c3O)c(=O)n2[C@@H]1c1cc(OC)ccc1OC. The van der Waals surface area contributed by atoms with Crippen molar-refractivity contribution in [1.82, 2.24) is 4.57 Å². The Morgan fingerprint density at radius 2 is 1.89 bits per heavy atom. The molecule has 0 saturated heterocycles. The Labute approximate surface area is 225 Å². The van der Waals surface area contributed by atoms with E-state index in [9.17, 15) is 14.7 Å². The first kappa shape index (κ1) is 26.5. The summed E-state index contributed by atoms with van der Waals surface area (Å²) in [6.45, 7) is 3.57. The van der Waals surface area contributed by atoms with Crippen molar-refractivity contribution >= 4 is 39.3 Å². The summed E-state index contributed by atoms with van der Waals surface area (Å²) in [4.78, 5) is 31.9. The van der Waals surface area contributed by atoms with E-state index < -0.39 is 17.6 Å². The van der Waals surface area contributed by atoms with Gasteiger partial charge in [-0.25, -0.2) is 9.79 Å². The second kappa shape index (κ2) is 10.8. The zero-order chi connectivity index (χ0) is 26.9. The highest BCUT2D eigenvalue weighted by atomic mass is 79.9. The summed E-state index contributed by atoms with van der Waals surface area (Å²) >= 11 is 4.54. The van der Waals surface area contributed by atoms with Gasteiger partial charge in [0.25, 0.3) is 5.56 Å². The monoisotopic (exact) mass is 588 g/mol. The van der Waals surface area contributed by atoms with E-state index in [4.69, 9.17) is 18.9 Å². The number of nitrogens with zero attached hydrogens (tertiary/aromatic N) is 2. The van der Waals surface area contributed by atoms with Gasteiger partial charge < -0.3 is 24.1 Å². The quantitative estimate of drug-likeness (QED) is 0.422. The van der Waals surface area contributed by atoms with E-state index in [1.54, 1.807) is 50.3 Å². The maximum Gasteiger partial charge on any atom is 0.338 e. The standard InChI is InChI=1S/C26H25BrN2O7S/c1-6-36-25(32)21-13(2)28-26-29(22(21)17-12-16(33-3)7-8-18(17)34-4)24(31)20(37-26)10-14-9-15(27)11-19(35-5)23(14)30/h7-12,22,30H,6H2,1-5H3/b20-10+/t22-/m1/s1. The Kier molecular flexibility index (Phi) is 7.74. The Bertz CT molecular complexity index is 1590. The molecule has 0 amide bonds. The number of aromatic hydroxyl groups is 1. The Hall–Kier alpha value is -3.57. The summed E-state index contributed by atoms with van der Waals surface area (Å²) < 4.78 is 24.0. The fraction of sp³-hybridized carbons (Fsp3) is 0.269. The number of carbonyl (C=O) groups is 1. The smallest absolute Gasteiger partial charge is 0.338 e. The molecule has 0 saturated carbocycles. The fourth-order valence-electron chi connectivity index (χ4n) is 4.14. The van der Waals surface area contributed by atoms with E-state index in [-0.39, 0.29) is 23.7 Å². The van der Waals surface area contributed by atoms with Gasteiger partial charge in [0.15, 0.2) is 16.3 Å². The molecule has 4 rings (SSSR count). The first-order valence-corrected chi connectivity index (χ1v) is 12.8. The molecular formula is C26H25BrN2O7S. The summed E-state index contributed by atoms with van der Waals surface area (Å²) in [7, 11) is 4.49. The molecule has 3 aromatic rings. The van der Waals surface area contributed by atoms with Crippen LogP contribution in [0.15, 0.2) is 55.9 Å². The molecule has 1 aliphatic rings. The number of phenols is 1. The molecule has 2 heterocycles. The van der Waals surface area contributed by atoms with Gasteiger partial charge in [-0.15, -0.1) is 0 Å². The van der Waals surface area contributed by atoms with Crippen molar-refractivity contribution in [2.45, 2.75) is 19.9 Å². The normalized spacial score (nSPS) is 15.2. The van der Waals surface area contributed by atoms with Crippen LogP contribution in [-0.4, -0.2) is 43.6 Å². The summed E-state index contributed by atoms with van der Waals surface area (Å²) in [6, 6.07) is 7.59. The average Bonchev–Trinajstić information content (AvgIpc) is 3.18. The number of halogens is 1. The number of fused-ring (bicyclic) bond motifs is 1. The number of methoxy groups -OCH3 is 3. The molecule has 0 aliphatic carbocycles. The highest BCUT2D eigenvalue weighted by Crippen LogP contribution is 2.38. The number of rotatable bonds is 7. The van der Waals surface area contributed by atoms with Crippen LogP contribution in [-0.2, 0) is 9.53 Å². The number of phenolic OH excluding ortho intramolecular Hbond substituents is 1. The molecular weight excluding hydrogens is 564 g/mol. The summed E-state index contributed by atoms with van der Waals surface area (Å²) in [5.74, 6) is 0.564. The van der Waals surface area contributed by atoms with E-state index in [0.717, 1.165) is 11.3 Å². The lowest BCUT2D eigenvalue weighted by Crippen LogP contribution is -2.40. The molecule has 1 atom stereocenters. The lowest BCUT2D eigenvalue weighted by atomic mass is 9.94. The van der Waals surface area contributed by atoms with Crippen LogP contribution < -0.4 is 29.1 Å². The third-order valence-corrected chi connectivity index (χ3v) is 7.26. The molecule has 11 heteroatoms. The number of benzene rings is 2. The minimum atomic E-state index is -0.881. The number of thiazole rings is 1. The number of aromatic nitrogens is 1. The van der Waals surface area contributed by atoms with E-state index in [1.807, 2.05) is 0 Å². The second-order valence-corrected chi connectivity index (χ2v) is 9.88. The maximum atomic E-state index is 13.8. The fourth-order valence-corrected chi connectivity index (χ4v) is 5.63. The predicted octanol–water partition coefficient (Wildman–Crippen LogP) is 3.29. The highest BCUT2D eigenvalue weighted by molar-refractivity contribution is 9.10. The van der Waals surface area contributed by atoms with Crippen LogP contribution in [0.3, 0.4) is 0 Å². The predicted molar refractivity (Wildman–Crippen MR) is 142 cm³/mol. The van der Waals surface area contributed by atoms with Gasteiger partial charge in [0.2, 0.25) is 0 Å². The summed E-state index contributed by atoms with van der Waals surface area (Å²) in [5.41, 5.74) is 1.17. The number of carbonyl (C=O) groups excluding carboxylic acids is 1. The molecule has 0 spiro atoms. The minimum absolute atomic E-state index is 0.106. The third-order valence-electron chi connectivity index (χ3n) is 5.82. The molecule has 0 unspecified atom stereocenters. The van der Waals surface area contributed by atoms with E-state index >= 15 is 0 Å². The molecule has 37 heavy (non-hydrogen) atoms. The number of esters is 1. The average molecular weight is 589 g/mol. The van der Waals surface area contributed by atoms with Gasteiger partial charge in [-0.3, -0.25) is 9.36 Å². The van der Waals surface area contributed by atoms with Crippen molar-refractivity contribution in [1.29, 1.82) is 0 Å². The number of allylic oxidation sites excluding steroid dienone is 1. The van der Waals surface area contributed by atoms with Crippen molar-refractivity contribution in [3.05, 3.63) is 76.9 Å². The van der Waals surface area contributed by atoms with Crippen LogP contribution in [0.25, 0.3) is 6.08 Å². The van der Waals surface area contributed by atoms with E-state index in [2.05, 4.69) is 20.9 Å². The molecule has 1 aliphatic heterocycles. The van der Waals surface area contributed by atoms with Gasteiger partial charge in [0.05, 0.1) is 43.7 Å². The molecule has 194 valence electrons. The van der Waals surface area contributed by atoms with Crippen LogP contribution in [0, 0.1) is 0 Å². The molecule has 0 bridgehead atoms. The largest absolute Gasteiger partial charge is 0.504 e. The zero-order valence-electron chi connectivity index (χ0n) is 20.8. The van der Waals surface area contributed by atoms with Crippen LogP contribution in [0.5, 0.6) is 23.0 Å². The van der Waals surface area contributed by atoms with Gasteiger partial charge in [0.1, 0.15) is 17.5 Å². The van der Waals surface area contributed by atoms with Gasteiger partial charge in [-0.2, -0.15) is 0 Å². The molecule has 0 radical (unpaired) electrons.